The second-order valence-electron chi connectivity index (χ2n) is 9.43. The molecule has 7 heteroatoms. The van der Waals surface area contributed by atoms with Crippen LogP contribution in [0.4, 0.5) is 8.78 Å². The number of hydrogen-bond donors (Lipinski definition) is 1. The van der Waals surface area contributed by atoms with Crippen molar-refractivity contribution in [3.05, 3.63) is 59.9 Å². The maximum Gasteiger partial charge on any atom is 0.229 e. The Kier molecular flexibility index (Phi) is 5.76. The summed E-state index contributed by atoms with van der Waals surface area (Å²) in [6, 6.07) is 13.2. The van der Waals surface area contributed by atoms with Crippen LogP contribution in [0.15, 0.2) is 48.5 Å². The molecule has 32 heavy (non-hydrogen) atoms. The van der Waals surface area contributed by atoms with E-state index in [0.29, 0.717) is 22.8 Å². The number of likely N-dealkylation sites (tertiary alicyclic amines) is 1. The summed E-state index contributed by atoms with van der Waals surface area (Å²) in [5.74, 6) is 0.601. The molecule has 170 valence electrons. The molecule has 3 saturated carbocycles. The van der Waals surface area contributed by atoms with E-state index in [1.807, 2.05) is 30.3 Å². The average Bonchev–Trinajstić information content (AvgIpc) is 3.03. The Hall–Kier alpha value is -1.96. The van der Waals surface area contributed by atoms with Gasteiger partial charge in [0, 0.05) is 16.9 Å². The Morgan fingerprint density at radius 1 is 1.19 bits per heavy atom. The molecular weight excluding hydrogens is 430 g/mol. The molecule has 2 aromatic rings. The van der Waals surface area contributed by atoms with Crippen molar-refractivity contribution < 1.29 is 18.1 Å². The smallest absolute Gasteiger partial charge is 0.229 e. The predicted molar refractivity (Wildman–Crippen MR) is 121 cm³/mol. The highest BCUT2D eigenvalue weighted by molar-refractivity contribution is 7.89. The highest BCUT2D eigenvalue weighted by Gasteiger charge is 2.64. The summed E-state index contributed by atoms with van der Waals surface area (Å²) in [6.07, 6.45) is 1.47. The van der Waals surface area contributed by atoms with E-state index in [-0.39, 0.29) is 30.1 Å². The lowest BCUT2D eigenvalue weighted by molar-refractivity contribution is -0.178. The monoisotopic (exact) mass is 458 g/mol. The van der Waals surface area contributed by atoms with Crippen molar-refractivity contribution in [3.63, 3.8) is 0 Å². The Balaban J connectivity index is 1.45. The number of nitrogens with zero attached hydrogens (tertiary/aromatic N) is 1. The molecule has 1 N–H and O–H groups in total. The van der Waals surface area contributed by atoms with Crippen LogP contribution < -0.4 is 4.72 Å². The Morgan fingerprint density at radius 2 is 1.91 bits per heavy atom. The lowest BCUT2D eigenvalue weighted by Crippen LogP contribution is -2.62. The molecule has 1 saturated heterocycles. The number of alkyl halides is 1. The maximum atomic E-state index is 15.5. The van der Waals surface area contributed by atoms with Crippen LogP contribution in [0.2, 0.25) is 0 Å². The van der Waals surface area contributed by atoms with Crippen LogP contribution in [-0.4, -0.2) is 45.9 Å². The van der Waals surface area contributed by atoms with Gasteiger partial charge in [-0.1, -0.05) is 48.5 Å². The van der Waals surface area contributed by atoms with E-state index in [1.54, 1.807) is 30.0 Å². The number of carbonyl (C=O) groups is 1. The van der Waals surface area contributed by atoms with Crippen molar-refractivity contribution in [2.45, 2.75) is 50.9 Å². The van der Waals surface area contributed by atoms with Crippen molar-refractivity contribution in [1.82, 2.24) is 9.62 Å². The van der Waals surface area contributed by atoms with Gasteiger partial charge in [0.25, 0.3) is 0 Å². The van der Waals surface area contributed by atoms with Gasteiger partial charge in [0.2, 0.25) is 5.91 Å². The summed E-state index contributed by atoms with van der Waals surface area (Å²) in [4.78, 5) is 15.0. The van der Waals surface area contributed by atoms with Crippen LogP contribution in [0, 0.1) is 17.2 Å². The number of nitrogens with one attached hydrogen (secondary N) is 1. The maximum absolute atomic E-state index is 15.5. The Labute approximate surface area is 190 Å². The number of carbonyl (C=O) groups excluding carboxylic acids is 1. The number of hydrogen-bond acceptors (Lipinski definition) is 3. The van der Waals surface area contributed by atoms with Gasteiger partial charge in [-0.3, -0.25) is 4.79 Å². The first-order valence-corrected chi connectivity index (χ1v) is 12.7. The summed E-state index contributed by atoms with van der Waals surface area (Å²) in [5.41, 5.74) is 1.35. The fourth-order valence-electron chi connectivity index (χ4n) is 5.58. The number of benzene rings is 2. The zero-order valence-corrected chi connectivity index (χ0v) is 18.9. The van der Waals surface area contributed by atoms with E-state index in [1.165, 1.54) is 0 Å². The summed E-state index contributed by atoms with van der Waals surface area (Å²) in [6.45, 7) is 1.72. The minimum Gasteiger partial charge on any atom is -0.598 e. The Morgan fingerprint density at radius 3 is 2.53 bits per heavy atom. The van der Waals surface area contributed by atoms with Crippen LogP contribution in [0.25, 0.3) is 11.1 Å². The van der Waals surface area contributed by atoms with Gasteiger partial charge in [-0.15, -0.1) is 4.72 Å². The molecule has 0 radical (unpaired) electrons. The summed E-state index contributed by atoms with van der Waals surface area (Å²) < 4.78 is 45.8. The molecule has 4 atom stereocenters. The van der Waals surface area contributed by atoms with E-state index < -0.39 is 29.6 Å². The number of amides is 1. The van der Waals surface area contributed by atoms with Crippen LogP contribution in [0.3, 0.4) is 0 Å². The second-order valence-corrected chi connectivity index (χ2v) is 10.9. The molecule has 1 heterocycles. The normalized spacial score (nSPS) is 31.7. The molecule has 1 amide bonds. The van der Waals surface area contributed by atoms with Crippen LogP contribution in [0.1, 0.15) is 31.7 Å². The molecule has 1 unspecified atom stereocenters. The lowest BCUT2D eigenvalue weighted by Gasteiger charge is -2.61. The molecule has 0 spiro atoms. The molecule has 3 aliphatic carbocycles. The van der Waals surface area contributed by atoms with Gasteiger partial charge >= 0.3 is 0 Å². The molecule has 2 bridgehead atoms. The zero-order valence-electron chi connectivity index (χ0n) is 18.1. The fraction of sp³-hybridized carbons (Fsp3) is 0.480. The standard InChI is InChI=1S/C25H28F2N2O2S/c1-2-32(31)28-23-20(26)15-29(24(30)25-12-16(13-25)14-25)21(23)11-18-9-6-10-19(22(18)27)17-7-4-3-5-8-17/h3-10,16,20-21,23,28H,2,11-15H2,1H3/t16?,20-,21-,23-,25?,32?/m0/s1. The third-order valence-corrected chi connectivity index (χ3v) is 8.51. The van der Waals surface area contributed by atoms with E-state index in [4.69, 9.17) is 0 Å². The van der Waals surface area contributed by atoms with E-state index in [9.17, 15) is 9.35 Å². The minimum absolute atomic E-state index is 0.0150. The van der Waals surface area contributed by atoms with Gasteiger partial charge in [0.1, 0.15) is 23.8 Å². The topological polar surface area (TPSA) is 55.4 Å². The third-order valence-electron chi connectivity index (χ3n) is 7.45. The highest BCUT2D eigenvalue weighted by Crippen LogP contribution is 2.65. The van der Waals surface area contributed by atoms with Gasteiger partial charge in [0.05, 0.1) is 18.0 Å². The molecule has 4 aliphatic rings. The summed E-state index contributed by atoms with van der Waals surface area (Å²) >= 11 is -1.40. The van der Waals surface area contributed by atoms with Crippen molar-refractivity contribution in [3.8, 4) is 11.1 Å². The fourth-order valence-corrected chi connectivity index (χ4v) is 6.35. The van der Waals surface area contributed by atoms with E-state index in [2.05, 4.69) is 4.72 Å². The Bertz CT molecular complexity index is 988. The van der Waals surface area contributed by atoms with Crippen molar-refractivity contribution >= 4 is 17.3 Å². The van der Waals surface area contributed by atoms with Crippen molar-refractivity contribution in [1.29, 1.82) is 0 Å². The highest BCUT2D eigenvalue weighted by atomic mass is 32.2. The van der Waals surface area contributed by atoms with Crippen molar-refractivity contribution in [2.24, 2.45) is 11.3 Å². The minimum atomic E-state index is -1.40. The first-order valence-electron chi connectivity index (χ1n) is 11.3. The molecule has 4 fully saturated rings. The van der Waals surface area contributed by atoms with E-state index in [0.717, 1.165) is 24.8 Å². The number of halogens is 2. The van der Waals surface area contributed by atoms with Gasteiger partial charge in [0.15, 0.2) is 0 Å². The van der Waals surface area contributed by atoms with Crippen LogP contribution in [0.5, 0.6) is 0 Å². The average molecular weight is 459 g/mol. The molecule has 2 aromatic carbocycles. The predicted octanol–water partition coefficient (Wildman–Crippen LogP) is 4.03. The third kappa shape index (κ3) is 3.64. The molecule has 1 aliphatic heterocycles. The quantitative estimate of drug-likeness (QED) is 0.638. The second kappa shape index (κ2) is 8.43. The van der Waals surface area contributed by atoms with Gasteiger partial charge in [-0.2, -0.15) is 0 Å². The summed E-state index contributed by atoms with van der Waals surface area (Å²) in [5, 5.41) is 0. The first-order chi connectivity index (χ1) is 15.4. The van der Waals surface area contributed by atoms with Gasteiger partial charge in [-0.05, 0) is 49.7 Å². The largest absolute Gasteiger partial charge is 0.598 e. The molecular formula is C25H28F2N2O2S. The van der Waals surface area contributed by atoms with Crippen LogP contribution in [-0.2, 0) is 22.6 Å². The summed E-state index contributed by atoms with van der Waals surface area (Å²) in [7, 11) is 0. The molecule has 4 nitrogen and oxygen atoms in total. The molecule has 6 rings (SSSR count). The first kappa shape index (κ1) is 21.9. The van der Waals surface area contributed by atoms with E-state index >= 15 is 8.78 Å². The van der Waals surface area contributed by atoms with Crippen LogP contribution >= 0.6 is 0 Å². The van der Waals surface area contributed by atoms with Crippen molar-refractivity contribution in [2.75, 3.05) is 12.3 Å². The van der Waals surface area contributed by atoms with Gasteiger partial charge < -0.3 is 9.45 Å². The SMILES string of the molecule is CC[S+]([O-])N[C@H]1[C@@H](F)CN(C(=O)C23CC(C2)C3)[C@H]1Cc1cccc(-c2ccccc2)c1F. The van der Waals surface area contributed by atoms with Gasteiger partial charge in [-0.25, -0.2) is 8.78 Å². The zero-order chi connectivity index (χ0) is 22.5. The lowest BCUT2D eigenvalue weighted by atomic mass is 9.44. The number of rotatable bonds is 7. The molecule has 0 aromatic heterocycles.